The highest BCUT2D eigenvalue weighted by Crippen LogP contribution is 2.16. The SMILES string of the molecule is CC(O)CC(C)NC(=O)c1cc(N)cn1C(C)C. The quantitative estimate of drug-likeness (QED) is 0.744. The molecule has 0 saturated heterocycles. The van der Waals surface area contributed by atoms with Gasteiger partial charge in [-0.3, -0.25) is 4.79 Å². The molecule has 0 fully saturated rings. The molecule has 4 N–H and O–H groups in total. The van der Waals surface area contributed by atoms with Gasteiger partial charge in [0.1, 0.15) is 5.69 Å². The van der Waals surface area contributed by atoms with Gasteiger partial charge >= 0.3 is 0 Å². The molecule has 0 radical (unpaired) electrons. The fraction of sp³-hybridized carbons (Fsp3) is 0.615. The fourth-order valence-corrected chi connectivity index (χ4v) is 1.98. The first-order valence-corrected chi connectivity index (χ1v) is 6.27. The summed E-state index contributed by atoms with van der Waals surface area (Å²) in [6.45, 7) is 7.57. The monoisotopic (exact) mass is 253 g/mol. The van der Waals surface area contributed by atoms with E-state index in [1.807, 2.05) is 25.3 Å². The predicted molar refractivity (Wildman–Crippen MR) is 72.5 cm³/mol. The molecular weight excluding hydrogens is 230 g/mol. The molecule has 1 aromatic heterocycles. The van der Waals surface area contributed by atoms with Crippen LogP contribution in [0.1, 0.15) is 50.6 Å². The Kier molecular flexibility index (Phi) is 4.78. The fourth-order valence-electron chi connectivity index (χ4n) is 1.98. The largest absolute Gasteiger partial charge is 0.397 e. The van der Waals surface area contributed by atoms with Crippen molar-refractivity contribution >= 4 is 11.6 Å². The van der Waals surface area contributed by atoms with Gasteiger partial charge in [-0.1, -0.05) is 0 Å². The highest BCUT2D eigenvalue weighted by molar-refractivity contribution is 5.94. The number of anilines is 1. The van der Waals surface area contributed by atoms with Gasteiger partial charge in [-0.05, 0) is 40.2 Å². The number of aromatic nitrogens is 1. The zero-order valence-electron chi connectivity index (χ0n) is 11.5. The number of nitrogens with zero attached hydrogens (tertiary/aromatic N) is 1. The van der Waals surface area contributed by atoms with Crippen LogP contribution in [0.4, 0.5) is 5.69 Å². The summed E-state index contributed by atoms with van der Waals surface area (Å²) in [6, 6.07) is 1.77. The predicted octanol–water partition coefficient (Wildman–Crippen LogP) is 1.54. The van der Waals surface area contributed by atoms with Gasteiger partial charge in [0.15, 0.2) is 0 Å². The second-order valence-corrected chi connectivity index (χ2v) is 5.12. The molecule has 0 saturated carbocycles. The Hall–Kier alpha value is -1.49. The summed E-state index contributed by atoms with van der Waals surface area (Å²) in [5.41, 5.74) is 6.86. The highest BCUT2D eigenvalue weighted by atomic mass is 16.3. The normalized spacial score (nSPS) is 14.6. The van der Waals surface area contributed by atoms with Crippen LogP contribution in [-0.4, -0.2) is 27.7 Å². The molecule has 0 bridgehead atoms. The molecule has 0 aromatic carbocycles. The van der Waals surface area contributed by atoms with Crippen LogP contribution in [0.5, 0.6) is 0 Å². The molecule has 1 aromatic rings. The van der Waals surface area contributed by atoms with E-state index in [9.17, 15) is 9.90 Å². The average Bonchev–Trinajstić information content (AvgIpc) is 2.58. The van der Waals surface area contributed by atoms with E-state index in [0.717, 1.165) is 0 Å². The molecule has 5 nitrogen and oxygen atoms in total. The molecule has 5 heteroatoms. The molecule has 1 amide bonds. The van der Waals surface area contributed by atoms with Crippen molar-refractivity contribution in [1.29, 1.82) is 0 Å². The standard InChI is InChI=1S/C13H23N3O2/c1-8(2)16-7-11(14)6-12(16)13(18)15-9(3)5-10(4)17/h6-10,17H,5,14H2,1-4H3,(H,15,18). The van der Waals surface area contributed by atoms with Gasteiger partial charge in [0.2, 0.25) is 0 Å². The van der Waals surface area contributed by atoms with Crippen molar-refractivity contribution in [3.05, 3.63) is 18.0 Å². The second-order valence-electron chi connectivity index (χ2n) is 5.12. The number of hydrogen-bond acceptors (Lipinski definition) is 3. The lowest BCUT2D eigenvalue weighted by atomic mass is 10.1. The van der Waals surface area contributed by atoms with Crippen LogP contribution >= 0.6 is 0 Å². The molecular formula is C13H23N3O2. The Bertz CT molecular complexity index is 410. The van der Waals surface area contributed by atoms with E-state index in [4.69, 9.17) is 5.73 Å². The van der Waals surface area contributed by atoms with Crippen LogP contribution < -0.4 is 11.1 Å². The third-order valence-corrected chi connectivity index (χ3v) is 2.73. The minimum absolute atomic E-state index is 0.0748. The van der Waals surface area contributed by atoms with Crippen LogP contribution in [0.3, 0.4) is 0 Å². The lowest BCUT2D eigenvalue weighted by Gasteiger charge is -2.17. The molecule has 1 rings (SSSR count). The molecule has 0 aliphatic heterocycles. The first kappa shape index (κ1) is 14.6. The number of nitrogens with two attached hydrogens (primary N) is 1. The Balaban J connectivity index is 2.78. The van der Waals surface area contributed by atoms with Gasteiger partial charge < -0.3 is 20.7 Å². The van der Waals surface area contributed by atoms with Crippen molar-refractivity contribution in [2.45, 2.75) is 52.3 Å². The summed E-state index contributed by atoms with van der Waals surface area (Å²) in [5, 5.41) is 12.1. The average molecular weight is 253 g/mol. The van der Waals surface area contributed by atoms with E-state index in [1.54, 1.807) is 19.2 Å². The van der Waals surface area contributed by atoms with Gasteiger partial charge in [-0.25, -0.2) is 0 Å². The van der Waals surface area contributed by atoms with E-state index < -0.39 is 6.10 Å². The lowest BCUT2D eigenvalue weighted by molar-refractivity contribution is 0.0912. The Morgan fingerprint density at radius 3 is 2.56 bits per heavy atom. The molecule has 0 aliphatic rings. The highest BCUT2D eigenvalue weighted by Gasteiger charge is 2.17. The number of nitrogens with one attached hydrogen (secondary N) is 1. The Morgan fingerprint density at radius 1 is 1.44 bits per heavy atom. The smallest absolute Gasteiger partial charge is 0.268 e. The van der Waals surface area contributed by atoms with Gasteiger partial charge in [0.25, 0.3) is 5.91 Å². The van der Waals surface area contributed by atoms with Crippen LogP contribution in [0, 0.1) is 0 Å². The van der Waals surface area contributed by atoms with Gasteiger partial charge in [-0.15, -0.1) is 0 Å². The third-order valence-electron chi connectivity index (χ3n) is 2.73. The van der Waals surface area contributed by atoms with Crippen LogP contribution in [0.15, 0.2) is 12.3 Å². The van der Waals surface area contributed by atoms with Crippen LogP contribution in [0.25, 0.3) is 0 Å². The van der Waals surface area contributed by atoms with Crippen LogP contribution in [-0.2, 0) is 0 Å². The first-order chi connectivity index (χ1) is 8.31. The van der Waals surface area contributed by atoms with Crippen molar-refractivity contribution in [2.75, 3.05) is 5.73 Å². The first-order valence-electron chi connectivity index (χ1n) is 6.27. The molecule has 2 unspecified atom stereocenters. The van der Waals surface area contributed by atoms with E-state index in [2.05, 4.69) is 5.32 Å². The summed E-state index contributed by atoms with van der Waals surface area (Å²) in [7, 11) is 0. The number of rotatable bonds is 5. The van der Waals surface area contributed by atoms with Crippen molar-refractivity contribution < 1.29 is 9.90 Å². The van der Waals surface area contributed by atoms with Crippen LogP contribution in [0.2, 0.25) is 0 Å². The van der Waals surface area contributed by atoms with E-state index in [-0.39, 0.29) is 18.0 Å². The number of carbonyl (C=O) groups is 1. The summed E-state index contributed by atoms with van der Waals surface area (Å²) in [6.07, 6.45) is 1.87. The number of aliphatic hydroxyl groups excluding tert-OH is 1. The van der Waals surface area contributed by atoms with Crippen molar-refractivity contribution in [2.24, 2.45) is 0 Å². The number of hydrogen-bond donors (Lipinski definition) is 3. The summed E-state index contributed by atoms with van der Waals surface area (Å²) in [4.78, 5) is 12.1. The maximum atomic E-state index is 12.1. The number of carbonyl (C=O) groups excluding carboxylic acids is 1. The number of amides is 1. The second kappa shape index (κ2) is 5.91. The zero-order chi connectivity index (χ0) is 13.9. The minimum atomic E-state index is -0.428. The molecule has 1 heterocycles. The summed E-state index contributed by atoms with van der Waals surface area (Å²) in [5.74, 6) is -0.159. The van der Waals surface area contributed by atoms with Crippen molar-refractivity contribution in [3.63, 3.8) is 0 Å². The Morgan fingerprint density at radius 2 is 2.06 bits per heavy atom. The summed E-state index contributed by atoms with van der Waals surface area (Å²) < 4.78 is 1.85. The minimum Gasteiger partial charge on any atom is -0.397 e. The molecule has 0 aliphatic carbocycles. The number of aliphatic hydroxyl groups is 1. The lowest BCUT2D eigenvalue weighted by Crippen LogP contribution is -2.35. The zero-order valence-corrected chi connectivity index (χ0v) is 11.5. The maximum absolute atomic E-state index is 12.1. The third kappa shape index (κ3) is 3.77. The van der Waals surface area contributed by atoms with Gasteiger partial charge in [0.05, 0.1) is 11.8 Å². The topological polar surface area (TPSA) is 80.3 Å². The molecule has 18 heavy (non-hydrogen) atoms. The molecule has 2 atom stereocenters. The number of nitrogen functional groups attached to an aromatic ring is 1. The van der Waals surface area contributed by atoms with E-state index >= 15 is 0 Å². The Labute approximate surface area is 108 Å². The molecule has 0 spiro atoms. The maximum Gasteiger partial charge on any atom is 0.268 e. The summed E-state index contributed by atoms with van der Waals surface area (Å²) >= 11 is 0. The van der Waals surface area contributed by atoms with E-state index in [1.165, 1.54) is 0 Å². The molecule has 102 valence electrons. The van der Waals surface area contributed by atoms with E-state index in [0.29, 0.717) is 17.8 Å². The van der Waals surface area contributed by atoms with Crippen molar-refractivity contribution in [1.82, 2.24) is 9.88 Å². The van der Waals surface area contributed by atoms with Gasteiger partial charge in [0, 0.05) is 18.3 Å². The van der Waals surface area contributed by atoms with Crippen molar-refractivity contribution in [3.8, 4) is 0 Å². The van der Waals surface area contributed by atoms with Gasteiger partial charge in [-0.2, -0.15) is 0 Å².